The Labute approximate surface area is 91.4 Å². The Morgan fingerprint density at radius 1 is 1.47 bits per heavy atom. The second-order valence-corrected chi connectivity index (χ2v) is 4.05. The van der Waals surface area contributed by atoms with Crippen LogP contribution in [0.3, 0.4) is 0 Å². The first kappa shape index (κ1) is 10.2. The first-order chi connectivity index (χ1) is 7.31. The summed E-state index contributed by atoms with van der Waals surface area (Å²) in [6.07, 6.45) is 6.54. The van der Waals surface area contributed by atoms with E-state index in [0.29, 0.717) is 6.54 Å². The van der Waals surface area contributed by atoms with Crippen molar-refractivity contribution >= 4 is 11.8 Å². The Kier molecular flexibility index (Phi) is 3.07. The fraction of sp³-hybridized carbons (Fsp3) is 0.385. The van der Waals surface area contributed by atoms with Crippen LogP contribution in [-0.2, 0) is 6.42 Å². The summed E-state index contributed by atoms with van der Waals surface area (Å²) in [5.41, 5.74) is 9.54. The molecule has 2 N–H and O–H groups in total. The molecular formula is C13H18N2. The first-order valence-corrected chi connectivity index (χ1v) is 5.52. The van der Waals surface area contributed by atoms with Crippen LogP contribution in [0.4, 0.5) is 5.69 Å². The van der Waals surface area contributed by atoms with E-state index in [0.717, 1.165) is 0 Å². The van der Waals surface area contributed by atoms with Gasteiger partial charge >= 0.3 is 0 Å². The highest BCUT2D eigenvalue weighted by Gasteiger charge is 2.12. The number of anilines is 1. The lowest BCUT2D eigenvalue weighted by Gasteiger charge is -2.27. The van der Waals surface area contributed by atoms with E-state index < -0.39 is 0 Å². The number of fused-ring (bicyclic) bond motifs is 1. The van der Waals surface area contributed by atoms with E-state index in [1.165, 1.54) is 36.2 Å². The van der Waals surface area contributed by atoms with Gasteiger partial charge in [0.15, 0.2) is 0 Å². The average Bonchev–Trinajstić information content (AvgIpc) is 2.26. The molecule has 1 heterocycles. The third-order valence-electron chi connectivity index (χ3n) is 2.90. The van der Waals surface area contributed by atoms with Crippen molar-refractivity contribution in [3.8, 4) is 0 Å². The predicted octanol–water partition coefficient (Wildman–Crippen LogP) is 2.04. The number of hydrogen-bond acceptors (Lipinski definition) is 2. The van der Waals surface area contributed by atoms with Gasteiger partial charge in [-0.1, -0.05) is 18.2 Å². The SMILES string of the molecule is CN1CCCc2cc(C=CCN)ccc21. The standard InChI is InChI=1S/C13H18N2/c1-15-9-3-5-12-10-11(4-2-8-14)6-7-13(12)15/h2,4,6-7,10H,3,5,8-9,14H2,1H3. The number of aryl methyl sites for hydroxylation is 1. The van der Waals surface area contributed by atoms with E-state index >= 15 is 0 Å². The summed E-state index contributed by atoms with van der Waals surface area (Å²) >= 11 is 0. The zero-order valence-corrected chi connectivity index (χ0v) is 9.24. The molecule has 80 valence electrons. The normalized spacial score (nSPS) is 15.7. The van der Waals surface area contributed by atoms with Crippen LogP contribution in [0, 0.1) is 0 Å². The molecule has 1 aliphatic heterocycles. The summed E-state index contributed by atoms with van der Waals surface area (Å²) in [6.45, 7) is 1.78. The van der Waals surface area contributed by atoms with Gasteiger partial charge in [0.2, 0.25) is 0 Å². The lowest BCUT2D eigenvalue weighted by Crippen LogP contribution is -2.24. The maximum absolute atomic E-state index is 5.44. The molecule has 1 aromatic carbocycles. The van der Waals surface area contributed by atoms with Crippen LogP contribution >= 0.6 is 0 Å². The molecule has 1 aromatic rings. The molecule has 0 saturated heterocycles. The van der Waals surface area contributed by atoms with E-state index in [1.807, 2.05) is 6.08 Å². The highest BCUT2D eigenvalue weighted by molar-refractivity contribution is 5.61. The zero-order valence-electron chi connectivity index (χ0n) is 9.24. The van der Waals surface area contributed by atoms with Gasteiger partial charge in [0, 0.05) is 25.8 Å². The van der Waals surface area contributed by atoms with Gasteiger partial charge in [0.25, 0.3) is 0 Å². The van der Waals surface area contributed by atoms with Crippen molar-refractivity contribution in [1.82, 2.24) is 0 Å². The van der Waals surface area contributed by atoms with Crippen LogP contribution in [0.2, 0.25) is 0 Å². The van der Waals surface area contributed by atoms with Crippen molar-refractivity contribution in [3.05, 3.63) is 35.4 Å². The molecule has 15 heavy (non-hydrogen) atoms. The number of nitrogens with zero attached hydrogens (tertiary/aromatic N) is 1. The van der Waals surface area contributed by atoms with Crippen molar-refractivity contribution in [2.24, 2.45) is 5.73 Å². The van der Waals surface area contributed by atoms with Crippen molar-refractivity contribution in [3.63, 3.8) is 0 Å². The lowest BCUT2D eigenvalue weighted by molar-refractivity contribution is 0.744. The summed E-state index contributed by atoms with van der Waals surface area (Å²) in [4.78, 5) is 2.33. The summed E-state index contributed by atoms with van der Waals surface area (Å²) in [6, 6.07) is 6.65. The summed E-state index contributed by atoms with van der Waals surface area (Å²) in [5, 5.41) is 0. The van der Waals surface area contributed by atoms with Gasteiger partial charge in [-0.05, 0) is 36.1 Å². The predicted molar refractivity (Wildman–Crippen MR) is 66.1 cm³/mol. The average molecular weight is 202 g/mol. The Bertz CT molecular complexity index is 369. The number of nitrogens with two attached hydrogens (primary N) is 1. The molecule has 0 aliphatic carbocycles. The quantitative estimate of drug-likeness (QED) is 0.795. The molecule has 1 aliphatic rings. The molecular weight excluding hydrogens is 184 g/mol. The minimum atomic E-state index is 0.608. The van der Waals surface area contributed by atoms with Crippen molar-refractivity contribution in [2.45, 2.75) is 12.8 Å². The second kappa shape index (κ2) is 4.49. The van der Waals surface area contributed by atoms with Crippen LogP contribution in [0.1, 0.15) is 17.5 Å². The van der Waals surface area contributed by atoms with Crippen molar-refractivity contribution in [2.75, 3.05) is 25.0 Å². The monoisotopic (exact) mass is 202 g/mol. The first-order valence-electron chi connectivity index (χ1n) is 5.52. The molecule has 0 fully saturated rings. The minimum Gasteiger partial charge on any atom is -0.374 e. The van der Waals surface area contributed by atoms with Gasteiger partial charge in [-0.3, -0.25) is 0 Å². The van der Waals surface area contributed by atoms with Gasteiger partial charge in [-0.25, -0.2) is 0 Å². The second-order valence-electron chi connectivity index (χ2n) is 4.05. The highest BCUT2D eigenvalue weighted by Crippen LogP contribution is 2.26. The Morgan fingerprint density at radius 2 is 2.33 bits per heavy atom. The molecule has 0 atom stereocenters. The van der Waals surface area contributed by atoms with E-state index in [-0.39, 0.29) is 0 Å². The maximum Gasteiger partial charge on any atom is 0.0396 e. The maximum atomic E-state index is 5.44. The summed E-state index contributed by atoms with van der Waals surface area (Å²) in [7, 11) is 2.16. The fourth-order valence-electron chi connectivity index (χ4n) is 2.11. The Balaban J connectivity index is 2.29. The number of benzene rings is 1. The topological polar surface area (TPSA) is 29.3 Å². The summed E-state index contributed by atoms with van der Waals surface area (Å²) < 4.78 is 0. The Hall–Kier alpha value is -1.28. The number of rotatable bonds is 2. The van der Waals surface area contributed by atoms with Gasteiger partial charge in [-0.2, -0.15) is 0 Å². The highest BCUT2D eigenvalue weighted by atomic mass is 15.1. The molecule has 0 radical (unpaired) electrons. The van der Waals surface area contributed by atoms with Crippen LogP contribution in [0.25, 0.3) is 6.08 Å². The summed E-state index contributed by atoms with van der Waals surface area (Å²) in [5.74, 6) is 0. The minimum absolute atomic E-state index is 0.608. The number of hydrogen-bond donors (Lipinski definition) is 1. The van der Waals surface area contributed by atoms with E-state index in [1.54, 1.807) is 0 Å². The molecule has 0 amide bonds. The van der Waals surface area contributed by atoms with Gasteiger partial charge in [0.1, 0.15) is 0 Å². The smallest absolute Gasteiger partial charge is 0.0396 e. The van der Waals surface area contributed by atoms with Gasteiger partial charge in [0.05, 0.1) is 0 Å². The largest absolute Gasteiger partial charge is 0.374 e. The van der Waals surface area contributed by atoms with Crippen molar-refractivity contribution < 1.29 is 0 Å². The third kappa shape index (κ3) is 2.21. The van der Waals surface area contributed by atoms with Crippen LogP contribution in [0.15, 0.2) is 24.3 Å². The Morgan fingerprint density at radius 3 is 3.13 bits per heavy atom. The van der Waals surface area contributed by atoms with Crippen LogP contribution in [-0.4, -0.2) is 20.1 Å². The van der Waals surface area contributed by atoms with E-state index in [4.69, 9.17) is 5.73 Å². The van der Waals surface area contributed by atoms with Crippen molar-refractivity contribution in [1.29, 1.82) is 0 Å². The fourth-order valence-corrected chi connectivity index (χ4v) is 2.11. The van der Waals surface area contributed by atoms with Gasteiger partial charge in [-0.15, -0.1) is 0 Å². The third-order valence-corrected chi connectivity index (χ3v) is 2.90. The molecule has 0 spiro atoms. The van der Waals surface area contributed by atoms with Crippen LogP contribution in [0.5, 0.6) is 0 Å². The molecule has 0 saturated carbocycles. The van der Waals surface area contributed by atoms with E-state index in [9.17, 15) is 0 Å². The zero-order chi connectivity index (χ0) is 10.7. The van der Waals surface area contributed by atoms with Gasteiger partial charge < -0.3 is 10.6 Å². The lowest BCUT2D eigenvalue weighted by atomic mass is 9.99. The molecule has 0 bridgehead atoms. The van der Waals surface area contributed by atoms with Crippen LogP contribution < -0.4 is 10.6 Å². The molecule has 0 aromatic heterocycles. The molecule has 2 rings (SSSR count). The van der Waals surface area contributed by atoms with E-state index in [2.05, 4.69) is 36.2 Å². The molecule has 0 unspecified atom stereocenters. The molecule has 2 nitrogen and oxygen atoms in total. The molecule has 2 heteroatoms.